The van der Waals surface area contributed by atoms with Gasteiger partial charge in [0, 0.05) is 16.1 Å². The van der Waals surface area contributed by atoms with Crippen molar-refractivity contribution >= 4 is 40.3 Å². The number of nitrogens with one attached hydrogen (secondary N) is 1. The van der Waals surface area contributed by atoms with E-state index in [1.165, 1.54) is 0 Å². The lowest BCUT2D eigenvalue weighted by atomic mass is 10.2. The summed E-state index contributed by atoms with van der Waals surface area (Å²) in [5, 5.41) is 3.11. The van der Waals surface area contributed by atoms with Gasteiger partial charge in [0.15, 0.2) is 0 Å². The van der Waals surface area contributed by atoms with Crippen molar-refractivity contribution in [2.45, 2.75) is 10.7 Å². The molecule has 6 heteroatoms. The highest BCUT2D eigenvalue weighted by Gasteiger charge is 2.09. The molecular weight excluding hydrogens is 298 g/mol. The quantitative estimate of drug-likeness (QED) is 0.635. The number of rotatable bonds is 5. The number of hydrogen-bond donors (Lipinski definition) is 2. The molecular formula is C14H12F2N2S2. The number of thioether (sulfide) groups is 1. The van der Waals surface area contributed by atoms with Crippen molar-refractivity contribution in [2.24, 2.45) is 5.73 Å². The summed E-state index contributed by atoms with van der Waals surface area (Å²) in [5.41, 5.74) is 7.71. The molecule has 3 N–H and O–H groups in total. The maximum absolute atomic E-state index is 12.5. The molecule has 0 unspecified atom stereocenters. The number of halogens is 2. The van der Waals surface area contributed by atoms with Crippen LogP contribution in [0.15, 0.2) is 53.4 Å². The summed E-state index contributed by atoms with van der Waals surface area (Å²) in [6.45, 7) is 0. The lowest BCUT2D eigenvalue weighted by molar-refractivity contribution is 0.252. The van der Waals surface area contributed by atoms with Gasteiger partial charge in [0.2, 0.25) is 0 Å². The second-order valence-electron chi connectivity index (χ2n) is 3.94. The molecule has 0 aliphatic carbocycles. The summed E-state index contributed by atoms with van der Waals surface area (Å²) < 4.78 is 25.0. The van der Waals surface area contributed by atoms with Crippen LogP contribution in [-0.2, 0) is 0 Å². The van der Waals surface area contributed by atoms with Crippen LogP contribution in [0.1, 0.15) is 5.56 Å². The van der Waals surface area contributed by atoms with Gasteiger partial charge < -0.3 is 11.1 Å². The lowest BCUT2D eigenvalue weighted by Gasteiger charge is -2.11. The van der Waals surface area contributed by atoms with Crippen LogP contribution in [0.5, 0.6) is 0 Å². The van der Waals surface area contributed by atoms with E-state index < -0.39 is 5.76 Å². The average Bonchev–Trinajstić information content (AvgIpc) is 2.41. The molecule has 0 saturated heterocycles. The van der Waals surface area contributed by atoms with Crippen molar-refractivity contribution in [3.05, 3.63) is 54.1 Å². The van der Waals surface area contributed by atoms with Crippen LogP contribution in [-0.4, -0.2) is 10.7 Å². The molecule has 20 heavy (non-hydrogen) atoms. The fourth-order valence-corrected chi connectivity index (χ4v) is 2.37. The minimum atomic E-state index is -2.45. The van der Waals surface area contributed by atoms with E-state index in [1.54, 1.807) is 48.5 Å². The number of para-hydroxylation sites is 1. The summed E-state index contributed by atoms with van der Waals surface area (Å²) in [6, 6.07) is 14.1. The maximum atomic E-state index is 12.5. The van der Waals surface area contributed by atoms with Gasteiger partial charge >= 0.3 is 0 Å². The van der Waals surface area contributed by atoms with Gasteiger partial charge in [-0.15, -0.1) is 0 Å². The molecule has 0 heterocycles. The van der Waals surface area contributed by atoms with E-state index in [-0.39, 0.29) is 0 Å². The van der Waals surface area contributed by atoms with Crippen LogP contribution >= 0.6 is 24.0 Å². The van der Waals surface area contributed by atoms with Crippen LogP contribution in [0, 0.1) is 0 Å². The normalized spacial score (nSPS) is 10.6. The highest BCUT2D eigenvalue weighted by molar-refractivity contribution is 7.99. The van der Waals surface area contributed by atoms with Gasteiger partial charge in [-0.1, -0.05) is 36.1 Å². The fraction of sp³-hybridized carbons (Fsp3) is 0.0714. The smallest absolute Gasteiger partial charge is 0.288 e. The summed E-state index contributed by atoms with van der Waals surface area (Å²) in [7, 11) is 0. The van der Waals surface area contributed by atoms with Crippen LogP contribution in [0.4, 0.5) is 20.2 Å². The number of anilines is 2. The average molecular weight is 310 g/mol. The first-order valence-corrected chi connectivity index (χ1v) is 7.06. The molecule has 0 bridgehead atoms. The molecule has 0 aliphatic heterocycles. The van der Waals surface area contributed by atoms with Crippen molar-refractivity contribution in [3.8, 4) is 0 Å². The standard InChI is InChI=1S/C14H12F2N2S2/c15-14(16)20-12-4-2-1-3-11(12)18-10-7-5-9(6-8-10)13(17)19/h1-8,14,18H,(H2,17,19). The zero-order chi connectivity index (χ0) is 14.5. The molecule has 0 amide bonds. The Morgan fingerprint density at radius 3 is 2.35 bits per heavy atom. The Morgan fingerprint density at radius 1 is 1.10 bits per heavy atom. The molecule has 2 aromatic rings. The van der Waals surface area contributed by atoms with Gasteiger partial charge in [-0.3, -0.25) is 0 Å². The maximum Gasteiger partial charge on any atom is 0.288 e. The van der Waals surface area contributed by atoms with E-state index in [9.17, 15) is 8.78 Å². The minimum absolute atomic E-state index is 0.324. The largest absolute Gasteiger partial charge is 0.389 e. The zero-order valence-electron chi connectivity index (χ0n) is 10.3. The third-order valence-electron chi connectivity index (χ3n) is 2.55. The SMILES string of the molecule is NC(=S)c1ccc(Nc2ccccc2SC(F)F)cc1. The van der Waals surface area contributed by atoms with Crippen molar-refractivity contribution in [3.63, 3.8) is 0 Å². The second kappa shape index (κ2) is 6.67. The third kappa shape index (κ3) is 3.91. The Morgan fingerprint density at radius 2 is 1.75 bits per heavy atom. The molecule has 0 aliphatic rings. The number of thiocarbonyl (C=S) groups is 1. The second-order valence-corrected chi connectivity index (χ2v) is 5.41. The van der Waals surface area contributed by atoms with Crippen molar-refractivity contribution in [1.82, 2.24) is 0 Å². The Hall–Kier alpha value is -1.66. The fourth-order valence-electron chi connectivity index (χ4n) is 1.64. The number of alkyl halides is 2. The molecule has 0 radical (unpaired) electrons. The van der Waals surface area contributed by atoms with E-state index in [0.717, 1.165) is 11.3 Å². The summed E-state index contributed by atoms with van der Waals surface area (Å²) in [6.07, 6.45) is 0. The van der Waals surface area contributed by atoms with Gasteiger partial charge in [-0.05, 0) is 36.4 Å². The Kier molecular flexibility index (Phi) is 4.92. The summed E-state index contributed by atoms with van der Waals surface area (Å²) in [4.78, 5) is 0.825. The van der Waals surface area contributed by atoms with Gasteiger partial charge in [-0.25, -0.2) is 0 Å². The molecule has 0 spiro atoms. The molecule has 0 atom stereocenters. The van der Waals surface area contributed by atoms with E-state index in [4.69, 9.17) is 18.0 Å². The topological polar surface area (TPSA) is 38.0 Å². The molecule has 0 aromatic heterocycles. The van der Waals surface area contributed by atoms with E-state index in [2.05, 4.69) is 5.32 Å². The van der Waals surface area contributed by atoms with E-state index >= 15 is 0 Å². The predicted octanol–water partition coefficient (Wildman–Crippen LogP) is 4.38. The lowest BCUT2D eigenvalue weighted by Crippen LogP contribution is -2.08. The Labute approximate surface area is 125 Å². The van der Waals surface area contributed by atoms with Crippen molar-refractivity contribution < 1.29 is 8.78 Å². The monoisotopic (exact) mass is 310 g/mol. The van der Waals surface area contributed by atoms with Crippen molar-refractivity contribution in [2.75, 3.05) is 5.32 Å². The Balaban J connectivity index is 2.19. The first-order chi connectivity index (χ1) is 9.56. The third-order valence-corrected chi connectivity index (χ3v) is 3.58. The highest BCUT2D eigenvalue weighted by Crippen LogP contribution is 2.33. The van der Waals surface area contributed by atoms with E-state index in [0.29, 0.717) is 27.3 Å². The highest BCUT2D eigenvalue weighted by atomic mass is 32.2. The molecule has 2 rings (SSSR count). The van der Waals surface area contributed by atoms with Crippen molar-refractivity contribution in [1.29, 1.82) is 0 Å². The van der Waals surface area contributed by atoms with Crippen LogP contribution in [0.3, 0.4) is 0 Å². The predicted molar refractivity (Wildman–Crippen MR) is 83.9 cm³/mol. The summed E-state index contributed by atoms with van der Waals surface area (Å²) in [5.74, 6) is -2.45. The van der Waals surface area contributed by atoms with Crippen LogP contribution < -0.4 is 11.1 Å². The molecule has 104 valence electrons. The summed E-state index contributed by atoms with van der Waals surface area (Å²) >= 11 is 5.39. The van der Waals surface area contributed by atoms with Gasteiger partial charge in [0.1, 0.15) is 4.99 Å². The first-order valence-electron chi connectivity index (χ1n) is 5.77. The van der Waals surface area contributed by atoms with Gasteiger partial charge in [0.05, 0.1) is 5.69 Å². The number of nitrogens with two attached hydrogens (primary N) is 1. The molecule has 2 aromatic carbocycles. The van der Waals surface area contributed by atoms with E-state index in [1.807, 2.05) is 0 Å². The molecule has 2 nitrogen and oxygen atoms in total. The van der Waals surface area contributed by atoms with Crippen LogP contribution in [0.2, 0.25) is 0 Å². The van der Waals surface area contributed by atoms with Crippen LogP contribution in [0.25, 0.3) is 0 Å². The number of benzene rings is 2. The number of hydrogen-bond acceptors (Lipinski definition) is 3. The molecule has 0 fully saturated rings. The van der Waals surface area contributed by atoms with Gasteiger partial charge in [0.25, 0.3) is 5.76 Å². The first kappa shape index (κ1) is 14.7. The Bertz CT molecular complexity index is 600. The van der Waals surface area contributed by atoms with Gasteiger partial charge in [-0.2, -0.15) is 8.78 Å². The zero-order valence-corrected chi connectivity index (χ0v) is 12.0. The minimum Gasteiger partial charge on any atom is -0.389 e. The molecule has 0 saturated carbocycles.